The van der Waals surface area contributed by atoms with Crippen LogP contribution in [0.25, 0.3) is 10.9 Å². The molecule has 1 aromatic heterocycles. The van der Waals surface area contributed by atoms with Gasteiger partial charge in [-0.1, -0.05) is 17.7 Å². The van der Waals surface area contributed by atoms with E-state index in [4.69, 9.17) is 11.6 Å². The van der Waals surface area contributed by atoms with Crippen molar-refractivity contribution in [2.45, 2.75) is 6.92 Å². The fourth-order valence-corrected chi connectivity index (χ4v) is 1.63. The number of aryl methyl sites for hydroxylation is 1. The van der Waals surface area contributed by atoms with Crippen molar-refractivity contribution in [1.82, 2.24) is 9.55 Å². The van der Waals surface area contributed by atoms with Crippen LogP contribution in [0.5, 0.6) is 0 Å². The molecule has 0 amide bonds. The number of benzene rings is 1. The van der Waals surface area contributed by atoms with Gasteiger partial charge in [-0.05, 0) is 19.1 Å². The van der Waals surface area contributed by atoms with Crippen molar-refractivity contribution in [2.75, 3.05) is 0 Å². The predicted molar refractivity (Wildman–Crippen MR) is 56.7 cm³/mol. The topological polar surface area (TPSA) is 34.9 Å². The molecule has 1 heterocycles. The minimum absolute atomic E-state index is 0.0990. The monoisotopic (exact) mass is 208 g/mol. The average Bonchev–Trinajstić information content (AvgIpc) is 2.14. The van der Waals surface area contributed by atoms with Gasteiger partial charge in [0, 0.05) is 7.05 Å². The number of aromatic nitrogens is 2. The van der Waals surface area contributed by atoms with E-state index in [-0.39, 0.29) is 5.56 Å². The number of hydrogen-bond acceptors (Lipinski definition) is 2. The molecule has 0 fully saturated rings. The van der Waals surface area contributed by atoms with Gasteiger partial charge in [-0.25, -0.2) is 4.98 Å². The van der Waals surface area contributed by atoms with Crippen LogP contribution in [0.1, 0.15) is 5.82 Å². The van der Waals surface area contributed by atoms with Crippen molar-refractivity contribution in [3.05, 3.63) is 39.4 Å². The van der Waals surface area contributed by atoms with Crippen LogP contribution in [0.4, 0.5) is 0 Å². The summed E-state index contributed by atoms with van der Waals surface area (Å²) < 4.78 is 1.49. The van der Waals surface area contributed by atoms with Crippen LogP contribution >= 0.6 is 11.6 Å². The van der Waals surface area contributed by atoms with Gasteiger partial charge in [-0.2, -0.15) is 0 Å². The summed E-state index contributed by atoms with van der Waals surface area (Å²) >= 11 is 5.93. The lowest BCUT2D eigenvalue weighted by atomic mass is 10.2. The zero-order valence-electron chi connectivity index (χ0n) is 7.91. The van der Waals surface area contributed by atoms with Gasteiger partial charge in [0.25, 0.3) is 5.56 Å². The van der Waals surface area contributed by atoms with Gasteiger partial charge in [-0.15, -0.1) is 0 Å². The van der Waals surface area contributed by atoms with E-state index in [2.05, 4.69) is 4.98 Å². The second kappa shape index (κ2) is 3.10. The molecule has 0 N–H and O–H groups in total. The summed E-state index contributed by atoms with van der Waals surface area (Å²) in [5.41, 5.74) is 0.552. The van der Waals surface area contributed by atoms with Gasteiger partial charge in [0.2, 0.25) is 0 Å². The Labute approximate surface area is 86.0 Å². The highest BCUT2D eigenvalue weighted by Crippen LogP contribution is 2.17. The molecule has 0 aliphatic rings. The molecule has 0 saturated heterocycles. The maximum absolute atomic E-state index is 11.8. The molecule has 14 heavy (non-hydrogen) atoms. The number of hydrogen-bond donors (Lipinski definition) is 0. The lowest BCUT2D eigenvalue weighted by Crippen LogP contribution is -2.20. The second-order valence-electron chi connectivity index (χ2n) is 3.16. The molecular weight excluding hydrogens is 200 g/mol. The summed E-state index contributed by atoms with van der Waals surface area (Å²) in [4.78, 5) is 16.1. The molecule has 2 rings (SSSR count). The summed E-state index contributed by atoms with van der Waals surface area (Å²) in [6.45, 7) is 1.79. The van der Waals surface area contributed by atoms with Gasteiger partial charge in [0.05, 0.1) is 15.9 Å². The SMILES string of the molecule is Cc1nc2cccc(Cl)c2c(=O)n1C. The first kappa shape index (κ1) is 9.21. The Morgan fingerprint density at radius 1 is 1.43 bits per heavy atom. The predicted octanol–water partition coefficient (Wildman–Crippen LogP) is 1.90. The molecule has 0 bridgehead atoms. The second-order valence-corrected chi connectivity index (χ2v) is 3.56. The summed E-state index contributed by atoms with van der Waals surface area (Å²) in [5, 5.41) is 0.942. The highest BCUT2D eigenvalue weighted by atomic mass is 35.5. The highest BCUT2D eigenvalue weighted by Gasteiger charge is 2.07. The zero-order valence-corrected chi connectivity index (χ0v) is 8.67. The van der Waals surface area contributed by atoms with Crippen LogP contribution in [0.2, 0.25) is 5.02 Å². The first-order valence-corrected chi connectivity index (χ1v) is 4.61. The molecule has 0 radical (unpaired) electrons. The van der Waals surface area contributed by atoms with Gasteiger partial charge in [-0.3, -0.25) is 9.36 Å². The summed E-state index contributed by atoms with van der Waals surface area (Å²) in [5.74, 6) is 0.685. The maximum atomic E-state index is 11.8. The average molecular weight is 209 g/mol. The molecule has 0 spiro atoms. The molecule has 1 aromatic carbocycles. The van der Waals surface area contributed by atoms with Crippen LogP contribution in [0, 0.1) is 6.92 Å². The van der Waals surface area contributed by atoms with Gasteiger partial charge in [0.15, 0.2) is 0 Å². The number of halogens is 1. The maximum Gasteiger partial charge on any atom is 0.262 e. The molecule has 72 valence electrons. The van der Waals surface area contributed by atoms with Crippen molar-refractivity contribution in [3.8, 4) is 0 Å². The smallest absolute Gasteiger partial charge is 0.262 e. The van der Waals surface area contributed by atoms with E-state index in [1.54, 1.807) is 32.2 Å². The van der Waals surface area contributed by atoms with Crippen LogP contribution in [0.15, 0.2) is 23.0 Å². The molecule has 0 unspecified atom stereocenters. The molecule has 2 aromatic rings. The fraction of sp³-hybridized carbons (Fsp3) is 0.200. The molecule has 3 nitrogen and oxygen atoms in total. The summed E-state index contributed by atoms with van der Waals surface area (Å²) in [7, 11) is 1.69. The largest absolute Gasteiger partial charge is 0.299 e. The van der Waals surface area contributed by atoms with E-state index in [0.29, 0.717) is 21.7 Å². The summed E-state index contributed by atoms with van der Waals surface area (Å²) in [6.07, 6.45) is 0. The molecule has 0 atom stereocenters. The van der Waals surface area contributed by atoms with Crippen LogP contribution in [-0.4, -0.2) is 9.55 Å². The van der Waals surface area contributed by atoms with E-state index < -0.39 is 0 Å². The van der Waals surface area contributed by atoms with Crippen LogP contribution in [-0.2, 0) is 7.05 Å². The van der Waals surface area contributed by atoms with Crippen LogP contribution in [0.3, 0.4) is 0 Å². The Morgan fingerprint density at radius 2 is 2.14 bits per heavy atom. The van der Waals surface area contributed by atoms with Crippen molar-refractivity contribution in [3.63, 3.8) is 0 Å². The third-order valence-electron chi connectivity index (χ3n) is 2.28. The van der Waals surface area contributed by atoms with E-state index >= 15 is 0 Å². The Kier molecular flexibility index (Phi) is 2.04. The molecule has 0 aliphatic heterocycles. The molecule has 0 saturated carbocycles. The van der Waals surface area contributed by atoms with Crippen molar-refractivity contribution < 1.29 is 0 Å². The van der Waals surface area contributed by atoms with Gasteiger partial charge >= 0.3 is 0 Å². The lowest BCUT2D eigenvalue weighted by Gasteiger charge is -2.05. The molecule has 0 aliphatic carbocycles. The standard InChI is InChI=1S/C10H9ClN2O/c1-6-12-8-5-3-4-7(11)9(8)10(14)13(6)2/h3-5H,1-2H3. The normalized spacial score (nSPS) is 10.8. The van der Waals surface area contributed by atoms with E-state index in [9.17, 15) is 4.79 Å². The number of nitrogens with zero attached hydrogens (tertiary/aromatic N) is 2. The first-order chi connectivity index (χ1) is 6.61. The zero-order chi connectivity index (χ0) is 10.3. The van der Waals surface area contributed by atoms with E-state index in [0.717, 1.165) is 0 Å². The Balaban J connectivity index is 3.07. The van der Waals surface area contributed by atoms with Crippen molar-refractivity contribution in [1.29, 1.82) is 0 Å². The molecule has 4 heteroatoms. The van der Waals surface area contributed by atoms with E-state index in [1.165, 1.54) is 4.57 Å². The minimum atomic E-state index is -0.0990. The Morgan fingerprint density at radius 3 is 2.86 bits per heavy atom. The highest BCUT2D eigenvalue weighted by molar-refractivity contribution is 6.35. The van der Waals surface area contributed by atoms with E-state index in [1.807, 2.05) is 0 Å². The Hall–Kier alpha value is -1.35. The fourth-order valence-electron chi connectivity index (χ4n) is 1.38. The molecular formula is C10H9ClN2O. The quantitative estimate of drug-likeness (QED) is 0.663. The third-order valence-corrected chi connectivity index (χ3v) is 2.59. The lowest BCUT2D eigenvalue weighted by molar-refractivity contribution is 0.792. The number of rotatable bonds is 0. The minimum Gasteiger partial charge on any atom is -0.299 e. The van der Waals surface area contributed by atoms with Gasteiger partial charge < -0.3 is 0 Å². The Bertz CT molecular complexity index is 560. The number of fused-ring (bicyclic) bond motifs is 1. The van der Waals surface area contributed by atoms with Crippen LogP contribution < -0.4 is 5.56 Å². The summed E-state index contributed by atoms with van der Waals surface area (Å²) in [6, 6.07) is 5.27. The van der Waals surface area contributed by atoms with Gasteiger partial charge in [0.1, 0.15) is 5.82 Å². The van der Waals surface area contributed by atoms with Crippen molar-refractivity contribution in [2.24, 2.45) is 7.05 Å². The first-order valence-electron chi connectivity index (χ1n) is 4.23. The third kappa shape index (κ3) is 1.21. The van der Waals surface area contributed by atoms with Crippen molar-refractivity contribution >= 4 is 22.5 Å².